The van der Waals surface area contributed by atoms with Crippen molar-refractivity contribution in [2.75, 3.05) is 31.1 Å². The number of carbonyl (C=O) groups excluding carboxylic acids is 1. The van der Waals surface area contributed by atoms with Crippen LogP contribution in [0.2, 0.25) is 0 Å². The summed E-state index contributed by atoms with van der Waals surface area (Å²) < 4.78 is 1.20. The zero-order valence-corrected chi connectivity index (χ0v) is 15.2. The molecule has 25 heavy (non-hydrogen) atoms. The number of fused-ring (bicyclic) bond motifs is 1. The second-order valence-corrected chi connectivity index (χ2v) is 6.76. The molecule has 0 aliphatic carbocycles. The van der Waals surface area contributed by atoms with Crippen LogP contribution in [0.15, 0.2) is 47.8 Å². The van der Waals surface area contributed by atoms with Gasteiger partial charge in [0, 0.05) is 31.7 Å². The van der Waals surface area contributed by atoms with E-state index in [0.29, 0.717) is 13.1 Å². The molecule has 1 saturated heterocycles. The molecular formula is C18H19ClN4OS. The van der Waals surface area contributed by atoms with Gasteiger partial charge in [0.2, 0.25) is 0 Å². The van der Waals surface area contributed by atoms with E-state index in [1.165, 1.54) is 10.4 Å². The molecule has 1 aliphatic heterocycles. The van der Waals surface area contributed by atoms with Crippen molar-refractivity contribution < 1.29 is 4.79 Å². The van der Waals surface area contributed by atoms with E-state index in [4.69, 9.17) is 10.7 Å². The van der Waals surface area contributed by atoms with Crippen LogP contribution in [0.1, 0.15) is 0 Å². The summed E-state index contributed by atoms with van der Waals surface area (Å²) in [5.41, 5.74) is 9.69. The normalized spacial score (nSPS) is 14.4. The van der Waals surface area contributed by atoms with Crippen LogP contribution in [-0.4, -0.2) is 42.1 Å². The van der Waals surface area contributed by atoms with E-state index >= 15 is 0 Å². The van der Waals surface area contributed by atoms with Gasteiger partial charge in [0.1, 0.15) is 0 Å². The summed E-state index contributed by atoms with van der Waals surface area (Å²) in [6, 6.07) is 14.1. The number of amides is 2. The number of hydrogen-bond donors (Lipinski definition) is 1. The van der Waals surface area contributed by atoms with E-state index in [2.05, 4.69) is 34.5 Å². The number of piperazine rings is 1. The quantitative estimate of drug-likeness (QED) is 0.745. The van der Waals surface area contributed by atoms with Gasteiger partial charge in [0.05, 0.1) is 21.6 Å². The molecule has 4 rings (SSSR count). The topological polar surface area (TPSA) is 62.5 Å². The lowest BCUT2D eigenvalue weighted by Gasteiger charge is -2.35. The van der Waals surface area contributed by atoms with Crippen LogP contribution in [0.3, 0.4) is 0 Å². The number of hydrogen-bond acceptors (Lipinski definition) is 4. The van der Waals surface area contributed by atoms with E-state index in [0.717, 1.165) is 29.9 Å². The van der Waals surface area contributed by atoms with Crippen molar-refractivity contribution in [1.82, 2.24) is 9.88 Å². The van der Waals surface area contributed by atoms with Crippen molar-refractivity contribution in [2.45, 2.75) is 0 Å². The molecule has 5 nitrogen and oxygen atoms in total. The Balaban J connectivity index is 0.00000182. The number of halogens is 1. The standard InChI is InChI=1S/C18H18N4OS.ClH/c19-18(23)22-9-7-21(8-10-22)16-12-15(13-4-2-1-3-5-13)20-14-6-11-24-17(14)16;/h1-6,11-12H,7-10H2,(H2,19,23);1H. The number of rotatable bonds is 2. The number of pyridine rings is 1. The molecule has 130 valence electrons. The molecule has 0 bridgehead atoms. The summed E-state index contributed by atoms with van der Waals surface area (Å²) >= 11 is 1.71. The number of nitrogens with zero attached hydrogens (tertiary/aromatic N) is 3. The minimum atomic E-state index is -0.337. The van der Waals surface area contributed by atoms with Crippen LogP contribution >= 0.6 is 23.7 Å². The molecule has 3 heterocycles. The summed E-state index contributed by atoms with van der Waals surface area (Å²) in [6.07, 6.45) is 0. The maximum Gasteiger partial charge on any atom is 0.314 e. The number of nitrogens with two attached hydrogens (primary N) is 1. The zero-order valence-electron chi connectivity index (χ0n) is 13.6. The number of benzene rings is 1. The smallest absolute Gasteiger partial charge is 0.314 e. The maximum atomic E-state index is 11.3. The van der Waals surface area contributed by atoms with Crippen LogP contribution in [0.25, 0.3) is 21.5 Å². The highest BCUT2D eigenvalue weighted by Gasteiger charge is 2.22. The van der Waals surface area contributed by atoms with Crippen LogP contribution < -0.4 is 10.6 Å². The number of urea groups is 1. The zero-order chi connectivity index (χ0) is 16.5. The fourth-order valence-corrected chi connectivity index (χ4v) is 3.97. The van der Waals surface area contributed by atoms with Gasteiger partial charge >= 0.3 is 6.03 Å². The number of primary amides is 1. The Morgan fingerprint density at radius 3 is 2.48 bits per heavy atom. The summed E-state index contributed by atoms with van der Waals surface area (Å²) in [6.45, 7) is 2.89. The minimum absolute atomic E-state index is 0. The molecule has 0 radical (unpaired) electrons. The second-order valence-electron chi connectivity index (χ2n) is 5.84. The Kier molecular flexibility index (Phi) is 5.11. The summed E-state index contributed by atoms with van der Waals surface area (Å²) in [5.74, 6) is 0. The van der Waals surface area contributed by atoms with Crippen molar-refractivity contribution in [3.05, 3.63) is 47.8 Å². The molecule has 2 aromatic heterocycles. The lowest BCUT2D eigenvalue weighted by Crippen LogP contribution is -2.50. The van der Waals surface area contributed by atoms with Crippen LogP contribution in [0, 0.1) is 0 Å². The van der Waals surface area contributed by atoms with E-state index in [-0.39, 0.29) is 18.4 Å². The van der Waals surface area contributed by atoms with Crippen molar-refractivity contribution >= 4 is 45.7 Å². The highest BCUT2D eigenvalue weighted by atomic mass is 35.5. The summed E-state index contributed by atoms with van der Waals surface area (Å²) in [5, 5.41) is 2.08. The van der Waals surface area contributed by atoms with E-state index in [9.17, 15) is 4.79 Å². The van der Waals surface area contributed by atoms with Gasteiger partial charge in [0.15, 0.2) is 0 Å². The first-order chi connectivity index (χ1) is 11.7. The van der Waals surface area contributed by atoms with E-state index < -0.39 is 0 Å². The third kappa shape index (κ3) is 3.41. The molecule has 3 aromatic rings. The molecule has 0 atom stereocenters. The molecule has 1 fully saturated rings. The lowest BCUT2D eigenvalue weighted by molar-refractivity contribution is 0.204. The van der Waals surface area contributed by atoms with Crippen molar-refractivity contribution in [1.29, 1.82) is 0 Å². The first-order valence-electron chi connectivity index (χ1n) is 7.95. The van der Waals surface area contributed by atoms with Gasteiger partial charge in [0.25, 0.3) is 0 Å². The van der Waals surface area contributed by atoms with Gasteiger partial charge in [-0.3, -0.25) is 0 Å². The van der Waals surface area contributed by atoms with Gasteiger partial charge in [-0.25, -0.2) is 9.78 Å². The lowest BCUT2D eigenvalue weighted by atomic mass is 10.1. The Morgan fingerprint density at radius 2 is 1.80 bits per heavy atom. The SMILES string of the molecule is Cl.NC(=O)N1CCN(c2cc(-c3ccccc3)nc3ccsc23)CC1. The number of thiophene rings is 1. The average Bonchev–Trinajstić information content (AvgIpc) is 3.10. The predicted octanol–water partition coefficient (Wildman–Crippen LogP) is 3.59. The van der Waals surface area contributed by atoms with Crippen LogP contribution in [-0.2, 0) is 0 Å². The van der Waals surface area contributed by atoms with Crippen molar-refractivity contribution in [3.63, 3.8) is 0 Å². The Morgan fingerprint density at radius 1 is 1.08 bits per heavy atom. The molecule has 0 saturated carbocycles. The monoisotopic (exact) mass is 374 g/mol. The first-order valence-corrected chi connectivity index (χ1v) is 8.83. The van der Waals surface area contributed by atoms with Gasteiger partial charge in [-0.2, -0.15) is 0 Å². The Labute approximate surface area is 156 Å². The largest absolute Gasteiger partial charge is 0.367 e. The van der Waals surface area contributed by atoms with E-state index in [1.807, 2.05) is 18.2 Å². The average molecular weight is 375 g/mol. The molecule has 0 spiro atoms. The maximum absolute atomic E-state index is 11.3. The van der Waals surface area contributed by atoms with Gasteiger partial charge in [-0.15, -0.1) is 23.7 Å². The second kappa shape index (κ2) is 7.29. The molecule has 2 N–H and O–H groups in total. The van der Waals surface area contributed by atoms with Gasteiger partial charge < -0.3 is 15.5 Å². The first kappa shape index (κ1) is 17.5. The fourth-order valence-electron chi connectivity index (χ4n) is 3.10. The van der Waals surface area contributed by atoms with Gasteiger partial charge in [-0.1, -0.05) is 30.3 Å². The third-order valence-electron chi connectivity index (χ3n) is 4.39. The predicted molar refractivity (Wildman–Crippen MR) is 106 cm³/mol. The fraction of sp³-hybridized carbons (Fsp3) is 0.222. The number of aromatic nitrogens is 1. The van der Waals surface area contributed by atoms with Crippen LogP contribution in [0.4, 0.5) is 10.5 Å². The number of anilines is 1. The summed E-state index contributed by atoms with van der Waals surface area (Å²) in [7, 11) is 0. The Bertz CT molecular complexity index is 875. The third-order valence-corrected chi connectivity index (χ3v) is 5.32. The molecule has 1 aromatic carbocycles. The highest BCUT2D eigenvalue weighted by molar-refractivity contribution is 7.17. The summed E-state index contributed by atoms with van der Waals surface area (Å²) in [4.78, 5) is 20.2. The highest BCUT2D eigenvalue weighted by Crippen LogP contribution is 2.34. The Hall–Kier alpha value is -2.31. The van der Waals surface area contributed by atoms with E-state index in [1.54, 1.807) is 16.2 Å². The van der Waals surface area contributed by atoms with Crippen molar-refractivity contribution in [2.24, 2.45) is 5.73 Å². The molecular weight excluding hydrogens is 356 g/mol. The molecule has 1 aliphatic rings. The molecule has 7 heteroatoms. The molecule has 0 unspecified atom stereocenters. The van der Waals surface area contributed by atoms with Crippen molar-refractivity contribution in [3.8, 4) is 11.3 Å². The number of carbonyl (C=O) groups is 1. The molecule has 2 amide bonds. The van der Waals surface area contributed by atoms with Gasteiger partial charge in [-0.05, 0) is 17.5 Å². The van der Waals surface area contributed by atoms with Crippen LogP contribution in [0.5, 0.6) is 0 Å². The minimum Gasteiger partial charge on any atom is -0.367 e.